The molecule has 108 valence electrons. The molecule has 0 saturated carbocycles. The van der Waals surface area contributed by atoms with E-state index >= 15 is 0 Å². The minimum Gasteiger partial charge on any atom is -0.381 e. The van der Waals surface area contributed by atoms with Crippen LogP contribution in [0.5, 0.6) is 0 Å². The number of nitrogens with zero attached hydrogens (tertiary/aromatic N) is 2. The van der Waals surface area contributed by atoms with Crippen LogP contribution in [0.1, 0.15) is 50.0 Å². The number of hydrogen-bond acceptors (Lipinski definition) is 3. The van der Waals surface area contributed by atoms with Crippen LogP contribution < -0.4 is 5.32 Å². The molecule has 2 heterocycles. The summed E-state index contributed by atoms with van der Waals surface area (Å²) in [5, 5.41) is 8.17. The minimum atomic E-state index is 0.425. The summed E-state index contributed by atoms with van der Waals surface area (Å²) in [4.78, 5) is 0. The van der Waals surface area contributed by atoms with Gasteiger partial charge in [0.05, 0.1) is 11.4 Å². The van der Waals surface area contributed by atoms with E-state index in [4.69, 9.17) is 4.74 Å². The fraction of sp³-hybridized carbons (Fsp3) is 0.800. The van der Waals surface area contributed by atoms with Gasteiger partial charge in [-0.1, -0.05) is 6.92 Å². The number of ether oxygens (including phenoxy) is 1. The smallest absolute Gasteiger partial charge is 0.0597 e. The summed E-state index contributed by atoms with van der Waals surface area (Å²) >= 11 is 0. The van der Waals surface area contributed by atoms with Crippen LogP contribution >= 0.6 is 0 Å². The van der Waals surface area contributed by atoms with Gasteiger partial charge >= 0.3 is 0 Å². The van der Waals surface area contributed by atoms with Gasteiger partial charge in [-0.2, -0.15) is 5.10 Å². The zero-order chi connectivity index (χ0) is 13.7. The van der Waals surface area contributed by atoms with Crippen molar-refractivity contribution in [2.75, 3.05) is 19.8 Å². The number of nitrogens with one attached hydrogen (secondary N) is 1. The van der Waals surface area contributed by atoms with Crippen LogP contribution in [0.15, 0.2) is 6.07 Å². The van der Waals surface area contributed by atoms with Gasteiger partial charge in [0.25, 0.3) is 0 Å². The number of hydrogen-bond donors (Lipinski definition) is 1. The minimum absolute atomic E-state index is 0.425. The van der Waals surface area contributed by atoms with Crippen molar-refractivity contribution in [2.45, 2.75) is 45.6 Å². The zero-order valence-electron chi connectivity index (χ0n) is 12.5. The number of aryl methyl sites for hydroxylation is 2. The summed E-state index contributed by atoms with van der Waals surface area (Å²) in [7, 11) is 2.05. The van der Waals surface area contributed by atoms with Gasteiger partial charge in [0.1, 0.15) is 0 Å². The zero-order valence-corrected chi connectivity index (χ0v) is 12.5. The standard InChI is InChI=1S/C15H27N3O/c1-4-7-16-14(11-13-5-8-19-9-6-13)15-10-12(2)17-18(15)3/h10,13-14,16H,4-9,11H2,1-3H3. The molecule has 0 aliphatic carbocycles. The van der Waals surface area contributed by atoms with Gasteiger partial charge in [0.15, 0.2) is 0 Å². The molecule has 1 aliphatic heterocycles. The molecule has 0 amide bonds. The average molecular weight is 265 g/mol. The lowest BCUT2D eigenvalue weighted by Gasteiger charge is -2.27. The van der Waals surface area contributed by atoms with Gasteiger partial charge in [-0.15, -0.1) is 0 Å². The van der Waals surface area contributed by atoms with E-state index in [0.29, 0.717) is 6.04 Å². The average Bonchev–Trinajstić information content (AvgIpc) is 2.75. The van der Waals surface area contributed by atoms with Crippen LogP contribution in [-0.2, 0) is 11.8 Å². The molecule has 0 spiro atoms. The Morgan fingerprint density at radius 2 is 2.21 bits per heavy atom. The molecule has 0 radical (unpaired) electrons. The molecule has 0 bridgehead atoms. The predicted octanol–water partition coefficient (Wildman–Crippen LogP) is 2.59. The first-order valence-electron chi connectivity index (χ1n) is 7.52. The Kier molecular flexibility index (Phi) is 5.40. The van der Waals surface area contributed by atoms with E-state index in [9.17, 15) is 0 Å². The fourth-order valence-electron chi connectivity index (χ4n) is 2.90. The van der Waals surface area contributed by atoms with Crippen LogP contribution in [-0.4, -0.2) is 29.5 Å². The largest absolute Gasteiger partial charge is 0.381 e. The van der Waals surface area contributed by atoms with Gasteiger partial charge in [0.2, 0.25) is 0 Å². The third-order valence-corrected chi connectivity index (χ3v) is 3.95. The first kappa shape index (κ1) is 14.5. The van der Waals surface area contributed by atoms with Gasteiger partial charge in [-0.05, 0) is 51.1 Å². The van der Waals surface area contributed by atoms with E-state index in [1.165, 1.54) is 31.4 Å². The van der Waals surface area contributed by atoms with Crippen LogP contribution in [0.4, 0.5) is 0 Å². The lowest BCUT2D eigenvalue weighted by molar-refractivity contribution is 0.0602. The number of aromatic nitrogens is 2. The fourth-order valence-corrected chi connectivity index (χ4v) is 2.90. The second-order valence-electron chi connectivity index (χ2n) is 5.63. The maximum Gasteiger partial charge on any atom is 0.0597 e. The molecule has 1 N–H and O–H groups in total. The Hall–Kier alpha value is -0.870. The van der Waals surface area contributed by atoms with Crippen molar-refractivity contribution in [3.05, 3.63) is 17.5 Å². The van der Waals surface area contributed by atoms with Crippen molar-refractivity contribution in [3.8, 4) is 0 Å². The van der Waals surface area contributed by atoms with Crippen LogP contribution in [0.3, 0.4) is 0 Å². The number of rotatable bonds is 6. The summed E-state index contributed by atoms with van der Waals surface area (Å²) in [6, 6.07) is 2.64. The first-order valence-corrected chi connectivity index (χ1v) is 7.52. The summed E-state index contributed by atoms with van der Waals surface area (Å²) in [5.74, 6) is 0.776. The lowest BCUT2D eigenvalue weighted by atomic mass is 9.91. The molecule has 0 aromatic carbocycles. The highest BCUT2D eigenvalue weighted by Crippen LogP contribution is 2.27. The second-order valence-corrected chi connectivity index (χ2v) is 5.63. The lowest BCUT2D eigenvalue weighted by Crippen LogP contribution is -2.28. The summed E-state index contributed by atoms with van der Waals surface area (Å²) in [6.45, 7) is 7.20. The molecule has 1 atom stereocenters. The first-order chi connectivity index (χ1) is 9.20. The highest BCUT2D eigenvalue weighted by atomic mass is 16.5. The second kappa shape index (κ2) is 7.06. The molecule has 4 heteroatoms. The Morgan fingerprint density at radius 1 is 1.47 bits per heavy atom. The highest BCUT2D eigenvalue weighted by molar-refractivity contribution is 5.13. The molecular formula is C15H27N3O. The van der Waals surface area contributed by atoms with Crippen molar-refractivity contribution >= 4 is 0 Å². The van der Waals surface area contributed by atoms with E-state index in [-0.39, 0.29) is 0 Å². The summed E-state index contributed by atoms with van der Waals surface area (Å²) in [5.41, 5.74) is 2.42. The van der Waals surface area contributed by atoms with E-state index < -0.39 is 0 Å². The Bertz CT molecular complexity index is 383. The van der Waals surface area contributed by atoms with E-state index in [1.807, 2.05) is 11.7 Å². The topological polar surface area (TPSA) is 39.1 Å². The van der Waals surface area contributed by atoms with Crippen molar-refractivity contribution in [2.24, 2.45) is 13.0 Å². The molecule has 1 aromatic heterocycles. The Morgan fingerprint density at radius 3 is 2.79 bits per heavy atom. The monoisotopic (exact) mass is 265 g/mol. The predicted molar refractivity (Wildman–Crippen MR) is 77.1 cm³/mol. The highest BCUT2D eigenvalue weighted by Gasteiger charge is 2.22. The Labute approximate surface area is 116 Å². The molecule has 1 aromatic rings. The van der Waals surface area contributed by atoms with E-state index in [0.717, 1.165) is 31.4 Å². The molecule has 1 fully saturated rings. The summed E-state index contributed by atoms with van der Waals surface area (Å²) < 4.78 is 7.49. The molecule has 19 heavy (non-hydrogen) atoms. The van der Waals surface area contributed by atoms with Crippen molar-refractivity contribution in [1.29, 1.82) is 0 Å². The quantitative estimate of drug-likeness (QED) is 0.859. The van der Waals surface area contributed by atoms with Crippen molar-refractivity contribution in [1.82, 2.24) is 15.1 Å². The van der Waals surface area contributed by atoms with Gasteiger partial charge in [0, 0.05) is 26.3 Å². The van der Waals surface area contributed by atoms with Crippen LogP contribution in [0.2, 0.25) is 0 Å². The molecule has 1 aliphatic rings. The van der Waals surface area contributed by atoms with Gasteiger partial charge < -0.3 is 10.1 Å². The molecule has 1 unspecified atom stereocenters. The van der Waals surface area contributed by atoms with Gasteiger partial charge in [-0.25, -0.2) is 0 Å². The summed E-state index contributed by atoms with van der Waals surface area (Å²) in [6.07, 6.45) is 4.76. The third kappa shape index (κ3) is 4.05. The van der Waals surface area contributed by atoms with Crippen LogP contribution in [0.25, 0.3) is 0 Å². The van der Waals surface area contributed by atoms with E-state index in [1.54, 1.807) is 0 Å². The Balaban J connectivity index is 2.04. The SMILES string of the molecule is CCCNC(CC1CCOCC1)c1cc(C)nn1C. The molecule has 2 rings (SSSR count). The van der Waals surface area contributed by atoms with E-state index in [2.05, 4.69) is 30.3 Å². The molecular weight excluding hydrogens is 238 g/mol. The maximum absolute atomic E-state index is 5.46. The van der Waals surface area contributed by atoms with Crippen molar-refractivity contribution in [3.63, 3.8) is 0 Å². The third-order valence-electron chi connectivity index (χ3n) is 3.95. The van der Waals surface area contributed by atoms with Crippen molar-refractivity contribution < 1.29 is 4.74 Å². The van der Waals surface area contributed by atoms with Gasteiger partial charge in [-0.3, -0.25) is 4.68 Å². The van der Waals surface area contributed by atoms with Crippen LogP contribution in [0, 0.1) is 12.8 Å². The maximum atomic E-state index is 5.46. The normalized spacial score (nSPS) is 18.7. The molecule has 4 nitrogen and oxygen atoms in total. The molecule has 1 saturated heterocycles.